The maximum absolute atomic E-state index is 11.9. The lowest BCUT2D eigenvalue weighted by Gasteiger charge is -2.09. The number of nitro groups is 1. The number of thiol groups is 1. The number of rotatable bonds is 5. The SMILES string of the molecule is C=C(CS)Cn1c(=O)c([N+](=O)[O-])cn(CC)c1=O. The first kappa shape index (κ1) is 14.2. The van der Waals surface area contributed by atoms with Gasteiger partial charge in [-0.15, -0.1) is 0 Å². The molecule has 0 radical (unpaired) electrons. The number of aromatic nitrogens is 2. The fourth-order valence-electron chi connectivity index (χ4n) is 1.40. The van der Waals surface area contributed by atoms with Crippen molar-refractivity contribution in [2.24, 2.45) is 0 Å². The lowest BCUT2D eigenvalue weighted by atomic mass is 10.3. The van der Waals surface area contributed by atoms with E-state index in [1.54, 1.807) is 6.92 Å². The van der Waals surface area contributed by atoms with Gasteiger partial charge in [0.05, 0.1) is 17.7 Å². The molecule has 0 spiro atoms. The Kier molecular flexibility index (Phi) is 4.49. The van der Waals surface area contributed by atoms with Crippen molar-refractivity contribution in [1.29, 1.82) is 0 Å². The van der Waals surface area contributed by atoms with Gasteiger partial charge in [-0.1, -0.05) is 6.58 Å². The summed E-state index contributed by atoms with van der Waals surface area (Å²) in [5.41, 5.74) is -1.60. The van der Waals surface area contributed by atoms with E-state index >= 15 is 0 Å². The van der Waals surface area contributed by atoms with Gasteiger partial charge in [-0.2, -0.15) is 12.6 Å². The van der Waals surface area contributed by atoms with Gasteiger partial charge in [0.2, 0.25) is 0 Å². The molecule has 0 N–H and O–H groups in total. The van der Waals surface area contributed by atoms with E-state index in [0.717, 1.165) is 15.3 Å². The summed E-state index contributed by atoms with van der Waals surface area (Å²) in [5.74, 6) is 0.292. The van der Waals surface area contributed by atoms with Gasteiger partial charge in [0.15, 0.2) is 0 Å². The summed E-state index contributed by atoms with van der Waals surface area (Å²) < 4.78 is 1.92. The Morgan fingerprint density at radius 3 is 2.61 bits per heavy atom. The van der Waals surface area contributed by atoms with Gasteiger partial charge in [0.25, 0.3) is 0 Å². The van der Waals surface area contributed by atoms with Crippen LogP contribution in [0.5, 0.6) is 0 Å². The van der Waals surface area contributed by atoms with Crippen molar-refractivity contribution in [2.75, 3.05) is 5.75 Å². The second-order valence-corrected chi connectivity index (χ2v) is 3.96. The third-order valence-corrected chi connectivity index (χ3v) is 2.81. The van der Waals surface area contributed by atoms with Crippen LogP contribution < -0.4 is 11.2 Å². The van der Waals surface area contributed by atoms with Gasteiger partial charge in [-0.3, -0.25) is 24.0 Å². The highest BCUT2D eigenvalue weighted by atomic mass is 32.1. The minimum Gasteiger partial charge on any atom is -0.294 e. The summed E-state index contributed by atoms with van der Waals surface area (Å²) in [6, 6.07) is 0. The molecule has 0 aromatic carbocycles. The maximum atomic E-state index is 11.9. The van der Waals surface area contributed by atoms with Crippen molar-refractivity contribution in [2.45, 2.75) is 20.0 Å². The second-order valence-electron chi connectivity index (χ2n) is 3.64. The maximum Gasteiger partial charge on any atom is 0.350 e. The minimum absolute atomic E-state index is 0.0666. The van der Waals surface area contributed by atoms with Crippen molar-refractivity contribution in [3.05, 3.63) is 49.3 Å². The molecule has 0 amide bonds. The molecule has 18 heavy (non-hydrogen) atoms. The normalized spacial score (nSPS) is 10.3. The smallest absolute Gasteiger partial charge is 0.294 e. The first-order valence-corrected chi connectivity index (χ1v) is 5.81. The van der Waals surface area contributed by atoms with Gasteiger partial charge >= 0.3 is 16.9 Å². The van der Waals surface area contributed by atoms with E-state index < -0.39 is 21.9 Å². The Bertz CT molecular complexity index is 602. The monoisotopic (exact) mass is 271 g/mol. The predicted molar refractivity (Wildman–Crippen MR) is 70.3 cm³/mol. The van der Waals surface area contributed by atoms with Crippen LogP contribution in [0.2, 0.25) is 0 Å². The van der Waals surface area contributed by atoms with E-state index in [0.29, 0.717) is 11.3 Å². The summed E-state index contributed by atoms with van der Waals surface area (Å²) in [4.78, 5) is 33.6. The number of hydrogen-bond donors (Lipinski definition) is 1. The van der Waals surface area contributed by atoms with Crippen molar-refractivity contribution < 1.29 is 4.92 Å². The molecule has 7 nitrogen and oxygen atoms in total. The van der Waals surface area contributed by atoms with E-state index in [1.807, 2.05) is 0 Å². The summed E-state index contributed by atoms with van der Waals surface area (Å²) in [6.45, 7) is 5.46. The van der Waals surface area contributed by atoms with E-state index in [4.69, 9.17) is 0 Å². The molecule has 1 aromatic rings. The van der Waals surface area contributed by atoms with Gasteiger partial charge in [0, 0.05) is 12.3 Å². The molecule has 0 unspecified atom stereocenters. The van der Waals surface area contributed by atoms with Crippen molar-refractivity contribution in [3.8, 4) is 0 Å². The molecule has 0 saturated carbocycles. The molecule has 1 heterocycles. The Morgan fingerprint density at radius 1 is 1.56 bits per heavy atom. The third-order valence-electron chi connectivity index (χ3n) is 2.36. The van der Waals surface area contributed by atoms with Gasteiger partial charge in [0.1, 0.15) is 0 Å². The molecule has 0 aliphatic carbocycles. The molecule has 0 aliphatic rings. The van der Waals surface area contributed by atoms with Crippen LogP contribution in [-0.4, -0.2) is 19.8 Å². The van der Waals surface area contributed by atoms with Crippen LogP contribution in [0.15, 0.2) is 27.9 Å². The molecule has 0 atom stereocenters. The molecule has 0 bridgehead atoms. The molecule has 1 rings (SSSR count). The van der Waals surface area contributed by atoms with Crippen LogP contribution >= 0.6 is 12.6 Å². The van der Waals surface area contributed by atoms with Gasteiger partial charge in [-0.25, -0.2) is 4.79 Å². The van der Waals surface area contributed by atoms with Crippen LogP contribution in [0.25, 0.3) is 0 Å². The molecule has 1 aromatic heterocycles. The average Bonchev–Trinajstić information content (AvgIpc) is 2.33. The summed E-state index contributed by atoms with van der Waals surface area (Å²) in [5, 5.41) is 10.7. The standard InChI is InChI=1S/C10H13N3O4S/c1-3-11-5-8(13(16)17)9(14)12(10(11)15)4-7(2)6-18/h5,18H,2-4,6H2,1H3. The van der Waals surface area contributed by atoms with Crippen molar-refractivity contribution in [3.63, 3.8) is 0 Å². The average molecular weight is 271 g/mol. The van der Waals surface area contributed by atoms with Gasteiger partial charge < -0.3 is 0 Å². The van der Waals surface area contributed by atoms with Crippen LogP contribution in [0.3, 0.4) is 0 Å². The number of aryl methyl sites for hydroxylation is 1. The summed E-state index contributed by atoms with van der Waals surface area (Å²) in [7, 11) is 0. The quantitative estimate of drug-likeness (QED) is 0.364. The second kappa shape index (κ2) is 5.67. The largest absolute Gasteiger partial charge is 0.350 e. The zero-order valence-electron chi connectivity index (χ0n) is 9.83. The number of nitrogens with zero attached hydrogens (tertiary/aromatic N) is 3. The Hall–Kier alpha value is -1.83. The first-order valence-electron chi connectivity index (χ1n) is 5.18. The van der Waals surface area contributed by atoms with E-state index in [2.05, 4.69) is 19.2 Å². The zero-order chi connectivity index (χ0) is 13.9. The fraction of sp³-hybridized carbons (Fsp3) is 0.400. The summed E-state index contributed by atoms with van der Waals surface area (Å²) >= 11 is 3.97. The highest BCUT2D eigenvalue weighted by Crippen LogP contribution is 2.02. The molecule has 98 valence electrons. The van der Waals surface area contributed by atoms with Gasteiger partial charge in [-0.05, 0) is 12.5 Å². The number of hydrogen-bond acceptors (Lipinski definition) is 5. The Balaban J connectivity index is 3.52. The lowest BCUT2D eigenvalue weighted by Crippen LogP contribution is -2.40. The van der Waals surface area contributed by atoms with Crippen LogP contribution in [0.4, 0.5) is 5.69 Å². The molecule has 0 aliphatic heterocycles. The van der Waals surface area contributed by atoms with E-state index in [1.165, 1.54) is 0 Å². The van der Waals surface area contributed by atoms with Crippen LogP contribution in [0.1, 0.15) is 6.92 Å². The van der Waals surface area contributed by atoms with Crippen LogP contribution in [0, 0.1) is 10.1 Å². The molecule has 0 fully saturated rings. The van der Waals surface area contributed by atoms with E-state index in [-0.39, 0.29) is 13.1 Å². The van der Waals surface area contributed by atoms with Crippen molar-refractivity contribution in [1.82, 2.24) is 9.13 Å². The van der Waals surface area contributed by atoms with Crippen molar-refractivity contribution >= 4 is 18.3 Å². The molecular formula is C10H13N3O4S. The molecule has 0 saturated heterocycles. The highest BCUT2D eigenvalue weighted by molar-refractivity contribution is 7.80. The molecular weight excluding hydrogens is 258 g/mol. The Morgan fingerprint density at radius 2 is 2.17 bits per heavy atom. The zero-order valence-corrected chi connectivity index (χ0v) is 10.7. The third kappa shape index (κ3) is 2.70. The predicted octanol–water partition coefficient (Wildman–Crippen LogP) is 0.424. The minimum atomic E-state index is -0.919. The summed E-state index contributed by atoms with van der Waals surface area (Å²) in [6.07, 6.45) is 0.963. The highest BCUT2D eigenvalue weighted by Gasteiger charge is 2.19. The first-order chi connectivity index (χ1) is 8.42. The lowest BCUT2D eigenvalue weighted by molar-refractivity contribution is -0.387. The molecule has 8 heteroatoms. The van der Waals surface area contributed by atoms with E-state index in [9.17, 15) is 19.7 Å². The topological polar surface area (TPSA) is 87.1 Å². The fourth-order valence-corrected chi connectivity index (χ4v) is 1.50. The van der Waals surface area contributed by atoms with Crippen LogP contribution in [-0.2, 0) is 13.1 Å². The Labute approximate surface area is 108 Å².